The van der Waals surface area contributed by atoms with Crippen LogP contribution in [-0.4, -0.2) is 22.6 Å². The second-order valence-electron chi connectivity index (χ2n) is 2.70. The highest BCUT2D eigenvalue weighted by Gasteiger charge is 2.20. The average molecular weight is 259 g/mol. The number of nitrogens with zero attached hydrogens (tertiary/aromatic N) is 2. The Hall–Kier alpha value is -1.30. The Balaban J connectivity index is 2.27. The molecule has 0 amide bonds. The average Bonchev–Trinajstić information content (AvgIpc) is 2.59. The van der Waals surface area contributed by atoms with E-state index in [2.05, 4.69) is 25.7 Å². The molecule has 74 valence electrons. The zero-order chi connectivity index (χ0) is 10.1. The summed E-state index contributed by atoms with van der Waals surface area (Å²) in [6, 6.07) is 0.463. The summed E-state index contributed by atoms with van der Waals surface area (Å²) in [7, 11) is 1.33. The zero-order valence-electron chi connectivity index (χ0n) is 7.36. The van der Waals surface area contributed by atoms with Gasteiger partial charge in [-0.05, 0) is 15.9 Å². The minimum atomic E-state index is -0.392. The van der Waals surface area contributed by atoms with Gasteiger partial charge in [-0.2, -0.15) is 0 Å². The van der Waals surface area contributed by atoms with Crippen molar-refractivity contribution in [2.24, 2.45) is 0 Å². The summed E-state index contributed by atoms with van der Waals surface area (Å²) in [6.07, 6.45) is 2.98. The summed E-state index contributed by atoms with van der Waals surface area (Å²) in [4.78, 5) is 15.2. The molecule has 0 saturated carbocycles. The largest absolute Gasteiger partial charge is 0.466 e. The molecule has 14 heavy (non-hydrogen) atoms. The van der Waals surface area contributed by atoms with Crippen molar-refractivity contribution in [3.05, 3.63) is 22.6 Å². The number of esters is 1. The minimum Gasteiger partial charge on any atom is -0.466 e. The van der Waals surface area contributed by atoms with Gasteiger partial charge in [-0.3, -0.25) is 4.57 Å². The van der Waals surface area contributed by atoms with Gasteiger partial charge in [0.15, 0.2) is 0 Å². The summed E-state index contributed by atoms with van der Waals surface area (Å²) in [5.74, 6) is -0.392. The van der Waals surface area contributed by atoms with Gasteiger partial charge < -0.3 is 9.47 Å². The Kier molecular flexibility index (Phi) is 2.28. The first kappa shape index (κ1) is 9.26. The van der Waals surface area contributed by atoms with Gasteiger partial charge in [-0.25, -0.2) is 9.78 Å². The van der Waals surface area contributed by atoms with E-state index in [9.17, 15) is 4.79 Å². The summed E-state index contributed by atoms with van der Waals surface area (Å²) in [5.41, 5.74) is 0.457. The lowest BCUT2D eigenvalue weighted by molar-refractivity contribution is -0.136. The van der Waals surface area contributed by atoms with Gasteiger partial charge in [0.2, 0.25) is 0 Å². The van der Waals surface area contributed by atoms with Crippen molar-refractivity contribution in [2.75, 3.05) is 7.11 Å². The molecule has 0 aliphatic carbocycles. The summed E-state index contributed by atoms with van der Waals surface area (Å²) in [5, 5.41) is 0. The molecule has 1 aromatic heterocycles. The molecular formula is C8H7BrN2O3. The Morgan fingerprint density at radius 1 is 1.79 bits per heavy atom. The second kappa shape index (κ2) is 3.45. The number of aromatic nitrogens is 2. The normalized spacial score (nSPS) is 14.0. The number of rotatable bonds is 1. The molecule has 0 fully saturated rings. The van der Waals surface area contributed by atoms with Gasteiger partial charge in [0.25, 0.3) is 0 Å². The van der Waals surface area contributed by atoms with E-state index in [4.69, 9.17) is 4.74 Å². The highest BCUT2D eigenvalue weighted by Crippen LogP contribution is 2.24. The topological polar surface area (TPSA) is 53.4 Å². The molecular weight excluding hydrogens is 252 g/mol. The first-order valence-corrected chi connectivity index (χ1v) is 4.66. The van der Waals surface area contributed by atoms with Crippen LogP contribution in [0.5, 0.6) is 6.01 Å². The van der Waals surface area contributed by atoms with Crippen LogP contribution in [0.15, 0.2) is 22.6 Å². The van der Waals surface area contributed by atoms with Crippen molar-refractivity contribution in [2.45, 2.75) is 6.54 Å². The number of halogens is 1. The van der Waals surface area contributed by atoms with Gasteiger partial charge in [-0.1, -0.05) is 0 Å². The maximum absolute atomic E-state index is 11.2. The molecule has 0 spiro atoms. The number of carbonyl (C=O) groups is 1. The van der Waals surface area contributed by atoms with E-state index in [1.807, 2.05) is 0 Å². The molecule has 0 N–H and O–H groups in total. The second-order valence-corrected chi connectivity index (χ2v) is 3.51. The molecule has 0 aromatic carbocycles. The van der Waals surface area contributed by atoms with Crippen LogP contribution in [-0.2, 0) is 16.1 Å². The van der Waals surface area contributed by atoms with Crippen LogP contribution < -0.4 is 4.74 Å². The van der Waals surface area contributed by atoms with E-state index >= 15 is 0 Å². The van der Waals surface area contributed by atoms with Gasteiger partial charge in [0.05, 0.1) is 25.4 Å². The molecule has 0 unspecified atom stereocenters. The lowest BCUT2D eigenvalue weighted by Crippen LogP contribution is -2.17. The fourth-order valence-corrected chi connectivity index (χ4v) is 1.53. The molecule has 0 bridgehead atoms. The third-order valence-electron chi connectivity index (χ3n) is 1.85. The predicted octanol–water partition coefficient (Wildman–Crippen LogP) is 1.09. The predicted molar refractivity (Wildman–Crippen MR) is 50.7 cm³/mol. The number of methoxy groups -OCH3 is 1. The smallest absolute Gasteiger partial charge is 0.338 e. The molecule has 1 aromatic rings. The van der Waals surface area contributed by atoms with E-state index in [1.54, 1.807) is 10.8 Å². The van der Waals surface area contributed by atoms with Crippen molar-refractivity contribution >= 4 is 21.9 Å². The van der Waals surface area contributed by atoms with Crippen LogP contribution in [0.1, 0.15) is 0 Å². The fraction of sp³-hybridized carbons (Fsp3) is 0.250. The SMILES string of the molecule is COC(=O)C1=COc2ncc(Br)n2C1. The molecule has 2 rings (SSSR count). The highest BCUT2D eigenvalue weighted by atomic mass is 79.9. The molecule has 1 aliphatic heterocycles. The maximum atomic E-state index is 11.2. The Morgan fingerprint density at radius 2 is 2.57 bits per heavy atom. The minimum absolute atomic E-state index is 0.392. The first-order chi connectivity index (χ1) is 6.72. The highest BCUT2D eigenvalue weighted by molar-refractivity contribution is 9.10. The van der Waals surface area contributed by atoms with Crippen LogP contribution in [0.25, 0.3) is 0 Å². The van der Waals surface area contributed by atoms with E-state index in [-0.39, 0.29) is 0 Å². The standard InChI is InChI=1S/C8H7BrN2O3/c1-13-7(12)5-3-11-6(9)2-10-8(11)14-4-5/h2,4H,3H2,1H3. The lowest BCUT2D eigenvalue weighted by atomic mass is 10.3. The van der Waals surface area contributed by atoms with Crippen LogP contribution in [0.2, 0.25) is 0 Å². The van der Waals surface area contributed by atoms with Gasteiger partial charge in [0, 0.05) is 0 Å². The van der Waals surface area contributed by atoms with Gasteiger partial charge in [0.1, 0.15) is 10.9 Å². The quantitative estimate of drug-likeness (QED) is 0.708. The van der Waals surface area contributed by atoms with E-state index < -0.39 is 5.97 Å². The van der Waals surface area contributed by atoms with Crippen LogP contribution >= 0.6 is 15.9 Å². The van der Waals surface area contributed by atoms with Gasteiger partial charge >= 0.3 is 12.0 Å². The maximum Gasteiger partial charge on any atom is 0.338 e. The van der Waals surface area contributed by atoms with Crippen molar-refractivity contribution < 1.29 is 14.3 Å². The number of carbonyl (C=O) groups excluding carboxylic acids is 1. The van der Waals surface area contributed by atoms with Crippen molar-refractivity contribution in [1.82, 2.24) is 9.55 Å². The molecule has 2 heterocycles. The molecule has 5 nitrogen and oxygen atoms in total. The Morgan fingerprint density at radius 3 is 3.29 bits per heavy atom. The zero-order valence-corrected chi connectivity index (χ0v) is 8.94. The van der Waals surface area contributed by atoms with Gasteiger partial charge in [-0.15, -0.1) is 0 Å². The number of fused-ring (bicyclic) bond motifs is 1. The van der Waals surface area contributed by atoms with Crippen molar-refractivity contribution in [3.63, 3.8) is 0 Å². The summed E-state index contributed by atoms with van der Waals surface area (Å²) >= 11 is 3.29. The van der Waals surface area contributed by atoms with E-state index in [0.29, 0.717) is 18.1 Å². The molecule has 0 saturated heterocycles. The van der Waals surface area contributed by atoms with Crippen molar-refractivity contribution in [3.8, 4) is 6.01 Å². The monoisotopic (exact) mass is 258 g/mol. The number of ether oxygens (including phenoxy) is 2. The van der Waals surface area contributed by atoms with E-state index in [1.165, 1.54) is 13.4 Å². The molecule has 6 heteroatoms. The number of imidazole rings is 1. The third kappa shape index (κ3) is 1.41. The van der Waals surface area contributed by atoms with Crippen molar-refractivity contribution in [1.29, 1.82) is 0 Å². The lowest BCUT2D eigenvalue weighted by Gasteiger charge is -2.14. The number of hydrogen-bond donors (Lipinski definition) is 0. The molecule has 1 aliphatic rings. The van der Waals surface area contributed by atoms with E-state index in [0.717, 1.165) is 4.60 Å². The summed E-state index contributed by atoms with van der Waals surface area (Å²) in [6.45, 7) is 0.405. The van der Waals surface area contributed by atoms with Crippen LogP contribution in [0.4, 0.5) is 0 Å². The first-order valence-electron chi connectivity index (χ1n) is 3.87. The molecule has 0 atom stereocenters. The Labute approximate surface area is 88.5 Å². The summed E-state index contributed by atoms with van der Waals surface area (Å²) < 4.78 is 12.2. The molecule has 0 radical (unpaired) electrons. The van der Waals surface area contributed by atoms with Crippen LogP contribution in [0, 0.1) is 0 Å². The van der Waals surface area contributed by atoms with Crippen LogP contribution in [0.3, 0.4) is 0 Å². The third-order valence-corrected chi connectivity index (χ3v) is 2.49. The Bertz CT molecular complexity index is 411. The fourth-order valence-electron chi connectivity index (χ4n) is 1.15. The number of hydrogen-bond acceptors (Lipinski definition) is 4.